The van der Waals surface area contributed by atoms with Crippen LogP contribution in [-0.2, 0) is 0 Å². The van der Waals surface area contributed by atoms with Crippen molar-refractivity contribution in [2.24, 2.45) is 0 Å². The largest absolute Gasteiger partial charge is 0.351 e. The summed E-state index contributed by atoms with van der Waals surface area (Å²) in [4.78, 5) is 9.44. The first kappa shape index (κ1) is 17.8. The van der Waals surface area contributed by atoms with Gasteiger partial charge in [-0.1, -0.05) is 60.8 Å². The van der Waals surface area contributed by atoms with Gasteiger partial charge in [-0.05, 0) is 37.5 Å². The van der Waals surface area contributed by atoms with E-state index >= 15 is 0 Å². The number of hydrogen-bond acceptors (Lipinski definition) is 4. The zero-order valence-corrected chi connectivity index (χ0v) is 16.1. The zero-order valence-electron chi connectivity index (χ0n) is 15.4. The van der Waals surface area contributed by atoms with Crippen molar-refractivity contribution in [3.8, 4) is 11.3 Å². The molecule has 27 heavy (non-hydrogen) atoms. The lowest BCUT2D eigenvalue weighted by Crippen LogP contribution is -2.17. The van der Waals surface area contributed by atoms with Gasteiger partial charge in [-0.25, -0.2) is 4.98 Å². The Balaban J connectivity index is 1.68. The van der Waals surface area contributed by atoms with Gasteiger partial charge in [0.1, 0.15) is 5.82 Å². The van der Waals surface area contributed by atoms with Gasteiger partial charge in [0.05, 0.1) is 16.4 Å². The van der Waals surface area contributed by atoms with Crippen molar-refractivity contribution in [2.45, 2.75) is 38.6 Å². The Morgan fingerprint density at radius 2 is 1.74 bits per heavy atom. The summed E-state index contributed by atoms with van der Waals surface area (Å²) in [5.41, 5.74) is 3.91. The van der Waals surface area contributed by atoms with E-state index in [1.165, 1.54) is 25.7 Å². The summed E-state index contributed by atoms with van der Waals surface area (Å²) in [5.74, 6) is 1.39. The van der Waals surface area contributed by atoms with Crippen LogP contribution in [0.4, 0.5) is 17.5 Å². The van der Waals surface area contributed by atoms with Crippen LogP contribution < -0.4 is 10.6 Å². The van der Waals surface area contributed by atoms with Crippen molar-refractivity contribution in [2.75, 3.05) is 10.6 Å². The summed E-state index contributed by atoms with van der Waals surface area (Å²) in [6.07, 6.45) is 4.87. The maximum absolute atomic E-state index is 6.39. The average molecular weight is 379 g/mol. The molecule has 1 fully saturated rings. The van der Waals surface area contributed by atoms with E-state index in [1.54, 1.807) is 0 Å². The highest BCUT2D eigenvalue weighted by Gasteiger charge is 2.17. The van der Waals surface area contributed by atoms with E-state index in [1.807, 2.05) is 49.4 Å². The first-order chi connectivity index (χ1) is 13.2. The van der Waals surface area contributed by atoms with Gasteiger partial charge in [-0.3, -0.25) is 0 Å². The number of halogens is 1. The molecule has 0 spiro atoms. The van der Waals surface area contributed by atoms with Crippen LogP contribution in [0.15, 0.2) is 54.6 Å². The monoisotopic (exact) mass is 378 g/mol. The molecule has 2 aromatic carbocycles. The number of aryl methyl sites for hydroxylation is 1. The summed E-state index contributed by atoms with van der Waals surface area (Å²) >= 11 is 6.39. The molecule has 0 saturated heterocycles. The molecule has 3 aromatic rings. The SMILES string of the molecule is Cc1ccc(Nc2cc(-c3ccccc3)nc(NC3CCCC3)n2)c(Cl)c1. The van der Waals surface area contributed by atoms with Gasteiger partial charge in [0.2, 0.25) is 5.95 Å². The van der Waals surface area contributed by atoms with Gasteiger partial charge in [0.25, 0.3) is 0 Å². The van der Waals surface area contributed by atoms with E-state index in [0.29, 0.717) is 17.0 Å². The topological polar surface area (TPSA) is 49.8 Å². The van der Waals surface area contributed by atoms with Crippen molar-refractivity contribution >= 4 is 29.1 Å². The van der Waals surface area contributed by atoms with Crippen LogP contribution in [0.5, 0.6) is 0 Å². The smallest absolute Gasteiger partial charge is 0.225 e. The Hall–Kier alpha value is -2.59. The molecule has 4 rings (SSSR count). The molecule has 0 aliphatic heterocycles. The molecule has 5 heteroatoms. The van der Waals surface area contributed by atoms with E-state index in [0.717, 1.165) is 28.3 Å². The van der Waals surface area contributed by atoms with Gasteiger partial charge in [-0.15, -0.1) is 0 Å². The third kappa shape index (κ3) is 4.40. The zero-order chi connectivity index (χ0) is 18.6. The van der Waals surface area contributed by atoms with Crippen LogP contribution in [0.1, 0.15) is 31.2 Å². The fourth-order valence-electron chi connectivity index (χ4n) is 3.44. The molecule has 0 radical (unpaired) electrons. The van der Waals surface area contributed by atoms with Gasteiger partial charge in [0, 0.05) is 17.7 Å². The lowest BCUT2D eigenvalue weighted by molar-refractivity contribution is 0.744. The highest BCUT2D eigenvalue weighted by Crippen LogP contribution is 2.29. The maximum atomic E-state index is 6.39. The van der Waals surface area contributed by atoms with Crippen LogP contribution in [0.3, 0.4) is 0 Å². The minimum atomic E-state index is 0.451. The molecule has 1 aliphatic rings. The number of aromatic nitrogens is 2. The van der Waals surface area contributed by atoms with Gasteiger partial charge in [-0.2, -0.15) is 4.98 Å². The third-order valence-corrected chi connectivity index (χ3v) is 5.18. The molecule has 0 unspecified atom stereocenters. The predicted octanol–water partition coefficient (Wildman–Crippen LogP) is 6.20. The quantitative estimate of drug-likeness (QED) is 0.554. The molecule has 1 heterocycles. The summed E-state index contributed by atoms with van der Waals surface area (Å²) < 4.78 is 0. The van der Waals surface area contributed by atoms with Crippen molar-refractivity contribution in [3.63, 3.8) is 0 Å². The van der Waals surface area contributed by atoms with Crippen LogP contribution in [0.2, 0.25) is 5.02 Å². The minimum Gasteiger partial charge on any atom is -0.351 e. The average Bonchev–Trinajstić information content (AvgIpc) is 3.18. The lowest BCUT2D eigenvalue weighted by Gasteiger charge is -2.15. The molecule has 0 amide bonds. The van der Waals surface area contributed by atoms with Crippen molar-refractivity contribution < 1.29 is 0 Å². The van der Waals surface area contributed by atoms with E-state index in [2.05, 4.69) is 27.8 Å². The van der Waals surface area contributed by atoms with E-state index < -0.39 is 0 Å². The second-order valence-electron chi connectivity index (χ2n) is 7.06. The highest BCUT2D eigenvalue weighted by molar-refractivity contribution is 6.33. The van der Waals surface area contributed by atoms with Crippen LogP contribution >= 0.6 is 11.6 Å². The highest BCUT2D eigenvalue weighted by atomic mass is 35.5. The van der Waals surface area contributed by atoms with Gasteiger partial charge < -0.3 is 10.6 Å². The normalized spacial score (nSPS) is 14.3. The van der Waals surface area contributed by atoms with Gasteiger partial charge in [0.15, 0.2) is 0 Å². The standard InChI is InChI=1S/C22H23ClN4/c1-15-11-12-19(18(23)13-15)25-21-14-20(16-7-3-2-4-8-16)26-22(27-21)24-17-9-5-6-10-17/h2-4,7-8,11-14,17H,5-6,9-10H2,1H3,(H2,24,25,26,27). The fourth-order valence-corrected chi connectivity index (χ4v) is 3.73. The number of rotatable bonds is 5. The summed E-state index contributed by atoms with van der Waals surface area (Å²) in [7, 11) is 0. The van der Waals surface area contributed by atoms with E-state index in [-0.39, 0.29) is 0 Å². The van der Waals surface area contributed by atoms with E-state index in [4.69, 9.17) is 16.6 Å². The van der Waals surface area contributed by atoms with Gasteiger partial charge >= 0.3 is 0 Å². The number of anilines is 3. The number of nitrogens with zero attached hydrogens (tertiary/aromatic N) is 2. The molecule has 1 aromatic heterocycles. The molecule has 138 valence electrons. The Morgan fingerprint density at radius 3 is 2.48 bits per heavy atom. The Labute approximate surface area is 165 Å². The third-order valence-electron chi connectivity index (χ3n) is 4.87. The number of nitrogens with one attached hydrogen (secondary N) is 2. The minimum absolute atomic E-state index is 0.451. The lowest BCUT2D eigenvalue weighted by atomic mass is 10.1. The number of benzene rings is 2. The Kier molecular flexibility index (Phi) is 5.26. The maximum Gasteiger partial charge on any atom is 0.225 e. The molecule has 0 bridgehead atoms. The summed E-state index contributed by atoms with van der Waals surface area (Å²) in [5, 5.41) is 7.54. The second-order valence-corrected chi connectivity index (χ2v) is 7.47. The summed E-state index contributed by atoms with van der Waals surface area (Å²) in [6, 6.07) is 18.5. The molecular formula is C22H23ClN4. The Morgan fingerprint density at radius 1 is 0.963 bits per heavy atom. The van der Waals surface area contributed by atoms with Crippen LogP contribution in [0, 0.1) is 6.92 Å². The molecule has 1 saturated carbocycles. The second kappa shape index (κ2) is 7.97. The molecule has 2 N–H and O–H groups in total. The molecule has 4 nitrogen and oxygen atoms in total. The van der Waals surface area contributed by atoms with Crippen molar-refractivity contribution in [1.82, 2.24) is 9.97 Å². The Bertz CT molecular complexity index is 921. The fraction of sp³-hybridized carbons (Fsp3) is 0.273. The molecule has 1 aliphatic carbocycles. The van der Waals surface area contributed by atoms with Crippen molar-refractivity contribution in [1.29, 1.82) is 0 Å². The molecular weight excluding hydrogens is 356 g/mol. The van der Waals surface area contributed by atoms with Crippen LogP contribution in [-0.4, -0.2) is 16.0 Å². The molecule has 0 atom stereocenters. The predicted molar refractivity (Wildman–Crippen MR) is 113 cm³/mol. The van der Waals surface area contributed by atoms with Crippen molar-refractivity contribution in [3.05, 3.63) is 65.2 Å². The first-order valence-electron chi connectivity index (χ1n) is 9.41. The van der Waals surface area contributed by atoms with E-state index in [9.17, 15) is 0 Å². The van der Waals surface area contributed by atoms with Crippen LogP contribution in [0.25, 0.3) is 11.3 Å². The summed E-state index contributed by atoms with van der Waals surface area (Å²) in [6.45, 7) is 2.03. The number of hydrogen-bond donors (Lipinski definition) is 2. The first-order valence-corrected chi connectivity index (χ1v) is 9.79.